The number of benzene rings is 1. The summed E-state index contributed by atoms with van der Waals surface area (Å²) in [7, 11) is 0. The monoisotopic (exact) mass is 379 g/mol. The smallest absolute Gasteiger partial charge is 0.348 e. The zero-order valence-electron chi connectivity index (χ0n) is 14.3. The molecule has 1 amide bonds. The summed E-state index contributed by atoms with van der Waals surface area (Å²) in [4.78, 5) is 24.8. The van der Waals surface area contributed by atoms with Gasteiger partial charge in [0.1, 0.15) is 12.4 Å². The van der Waals surface area contributed by atoms with Crippen molar-refractivity contribution in [2.24, 2.45) is 5.92 Å². The molecule has 138 valence electrons. The Balaban J connectivity index is 1.43. The Morgan fingerprint density at radius 1 is 1.42 bits per heavy atom. The summed E-state index contributed by atoms with van der Waals surface area (Å²) in [6, 6.07) is 3.94. The van der Waals surface area contributed by atoms with Gasteiger partial charge in [0.05, 0.1) is 16.6 Å². The second kappa shape index (κ2) is 6.19. The van der Waals surface area contributed by atoms with Crippen LogP contribution in [0.3, 0.4) is 0 Å². The number of nitrogens with zero attached hydrogens (tertiary/aromatic N) is 4. The number of carbonyl (C=O) groups excluding carboxylic acids is 1. The SMILES string of the molecule is C[C@H](NC(=O)Cn1nnn(C2(C3CC3)CC2)c1=O)c1ccc(Cl)c(F)c1. The Morgan fingerprint density at radius 3 is 2.77 bits per heavy atom. The molecule has 2 aliphatic rings. The van der Waals surface area contributed by atoms with Gasteiger partial charge < -0.3 is 5.32 Å². The third-order valence-corrected chi connectivity index (χ3v) is 5.58. The average Bonchev–Trinajstić information content (AvgIpc) is 3.50. The molecule has 9 heteroatoms. The summed E-state index contributed by atoms with van der Waals surface area (Å²) in [5.41, 5.74) is 0.0663. The quantitative estimate of drug-likeness (QED) is 0.832. The average molecular weight is 380 g/mol. The first-order chi connectivity index (χ1) is 12.4. The van der Waals surface area contributed by atoms with Crippen molar-refractivity contribution in [3.63, 3.8) is 0 Å². The van der Waals surface area contributed by atoms with E-state index in [1.54, 1.807) is 13.0 Å². The predicted molar refractivity (Wildman–Crippen MR) is 92.2 cm³/mol. The first-order valence-electron chi connectivity index (χ1n) is 8.68. The lowest BCUT2D eigenvalue weighted by molar-refractivity contribution is -0.122. The van der Waals surface area contributed by atoms with E-state index in [1.807, 2.05) is 0 Å². The standard InChI is InChI=1S/C17H19ClFN5O2/c1-10(11-2-5-13(18)14(19)8-11)20-15(25)9-23-16(26)24(22-21-23)17(6-7-17)12-3-4-12/h2,5,8,10,12H,3-4,6-7,9H2,1H3,(H,20,25)/t10-/m0/s1. The summed E-state index contributed by atoms with van der Waals surface area (Å²) in [6.45, 7) is 1.51. The van der Waals surface area contributed by atoms with Crippen molar-refractivity contribution in [2.75, 3.05) is 0 Å². The van der Waals surface area contributed by atoms with Crippen LogP contribution in [0, 0.1) is 11.7 Å². The highest BCUT2D eigenvalue weighted by Gasteiger charge is 2.57. The minimum absolute atomic E-state index is 0.0279. The van der Waals surface area contributed by atoms with E-state index in [1.165, 1.54) is 16.8 Å². The van der Waals surface area contributed by atoms with Crippen LogP contribution in [0.1, 0.15) is 44.2 Å². The lowest BCUT2D eigenvalue weighted by Gasteiger charge is -2.14. The van der Waals surface area contributed by atoms with E-state index in [0.29, 0.717) is 11.5 Å². The maximum atomic E-state index is 13.6. The van der Waals surface area contributed by atoms with Crippen LogP contribution < -0.4 is 11.0 Å². The molecular weight excluding hydrogens is 361 g/mol. The van der Waals surface area contributed by atoms with Crippen LogP contribution in [0.4, 0.5) is 4.39 Å². The van der Waals surface area contributed by atoms with Crippen molar-refractivity contribution in [3.05, 3.63) is 45.1 Å². The van der Waals surface area contributed by atoms with Gasteiger partial charge in [-0.1, -0.05) is 17.7 Å². The maximum Gasteiger partial charge on any atom is 0.364 e. The van der Waals surface area contributed by atoms with Gasteiger partial charge in [0.2, 0.25) is 5.91 Å². The summed E-state index contributed by atoms with van der Waals surface area (Å²) in [5, 5.41) is 10.6. The molecule has 26 heavy (non-hydrogen) atoms. The van der Waals surface area contributed by atoms with Crippen molar-refractivity contribution >= 4 is 17.5 Å². The summed E-state index contributed by atoms with van der Waals surface area (Å²) < 4.78 is 16.1. The molecule has 0 saturated heterocycles. The molecule has 7 nitrogen and oxygen atoms in total. The number of aromatic nitrogens is 4. The van der Waals surface area contributed by atoms with Gasteiger partial charge in [-0.05, 0) is 66.6 Å². The van der Waals surface area contributed by atoms with Crippen molar-refractivity contribution in [1.29, 1.82) is 0 Å². The molecule has 0 bridgehead atoms. The molecule has 0 unspecified atom stereocenters. The fourth-order valence-electron chi connectivity index (χ4n) is 3.48. The molecule has 0 radical (unpaired) electrons. The van der Waals surface area contributed by atoms with Gasteiger partial charge in [0, 0.05) is 0 Å². The third-order valence-electron chi connectivity index (χ3n) is 5.28. The minimum Gasteiger partial charge on any atom is -0.348 e. The zero-order chi connectivity index (χ0) is 18.5. The number of amides is 1. The predicted octanol–water partition coefficient (Wildman–Crippen LogP) is 2.01. The van der Waals surface area contributed by atoms with Gasteiger partial charge in [-0.15, -0.1) is 0 Å². The van der Waals surface area contributed by atoms with E-state index in [2.05, 4.69) is 15.7 Å². The van der Waals surface area contributed by atoms with Gasteiger partial charge in [-0.25, -0.2) is 9.18 Å². The number of nitrogens with one attached hydrogen (secondary N) is 1. The van der Waals surface area contributed by atoms with Crippen LogP contribution in [-0.2, 0) is 16.9 Å². The third kappa shape index (κ3) is 3.02. The Bertz CT molecular complexity index is 916. The molecule has 2 saturated carbocycles. The molecule has 2 aromatic rings. The van der Waals surface area contributed by atoms with Crippen molar-refractivity contribution < 1.29 is 9.18 Å². The van der Waals surface area contributed by atoms with Crippen LogP contribution in [-0.4, -0.2) is 25.7 Å². The first kappa shape index (κ1) is 17.2. The van der Waals surface area contributed by atoms with Gasteiger partial charge in [0.15, 0.2) is 0 Å². The number of hydrogen-bond acceptors (Lipinski definition) is 4. The van der Waals surface area contributed by atoms with E-state index < -0.39 is 17.8 Å². The Kier molecular flexibility index (Phi) is 4.10. The van der Waals surface area contributed by atoms with Crippen LogP contribution in [0.15, 0.2) is 23.0 Å². The fourth-order valence-corrected chi connectivity index (χ4v) is 3.60. The molecule has 1 aromatic heterocycles. The van der Waals surface area contributed by atoms with E-state index >= 15 is 0 Å². The largest absolute Gasteiger partial charge is 0.364 e. The van der Waals surface area contributed by atoms with Crippen molar-refractivity contribution in [3.8, 4) is 0 Å². The Hall–Kier alpha value is -2.22. The van der Waals surface area contributed by atoms with Crippen molar-refractivity contribution in [2.45, 2.75) is 50.7 Å². The topological polar surface area (TPSA) is 81.8 Å². The van der Waals surface area contributed by atoms with E-state index in [4.69, 9.17) is 11.6 Å². The minimum atomic E-state index is -0.542. The molecule has 0 spiro atoms. The second-order valence-corrected chi connectivity index (χ2v) is 7.58. The van der Waals surface area contributed by atoms with Crippen molar-refractivity contribution in [1.82, 2.24) is 25.1 Å². The highest BCUT2D eigenvalue weighted by atomic mass is 35.5. The van der Waals surface area contributed by atoms with Crippen LogP contribution in [0.5, 0.6) is 0 Å². The number of carbonyl (C=O) groups is 1. The van der Waals surface area contributed by atoms with Gasteiger partial charge in [0.25, 0.3) is 0 Å². The summed E-state index contributed by atoms with van der Waals surface area (Å²) >= 11 is 5.67. The van der Waals surface area contributed by atoms with Gasteiger partial charge >= 0.3 is 5.69 Å². The molecule has 2 aliphatic carbocycles. The van der Waals surface area contributed by atoms with E-state index in [0.717, 1.165) is 30.4 Å². The lowest BCUT2D eigenvalue weighted by Crippen LogP contribution is -2.38. The molecule has 1 aromatic carbocycles. The maximum absolute atomic E-state index is 13.6. The highest BCUT2D eigenvalue weighted by Crippen LogP contribution is 2.58. The van der Waals surface area contributed by atoms with Gasteiger partial charge in [-0.2, -0.15) is 9.36 Å². The van der Waals surface area contributed by atoms with Crippen LogP contribution in [0.2, 0.25) is 5.02 Å². The summed E-state index contributed by atoms with van der Waals surface area (Å²) in [6.07, 6.45) is 4.13. The van der Waals surface area contributed by atoms with Crippen LogP contribution >= 0.6 is 11.6 Å². The fraction of sp³-hybridized carbons (Fsp3) is 0.529. The molecule has 4 rings (SSSR count). The second-order valence-electron chi connectivity index (χ2n) is 7.17. The number of hydrogen-bond donors (Lipinski definition) is 1. The highest BCUT2D eigenvalue weighted by molar-refractivity contribution is 6.30. The number of tetrazole rings is 1. The van der Waals surface area contributed by atoms with E-state index in [9.17, 15) is 14.0 Å². The molecule has 1 atom stereocenters. The van der Waals surface area contributed by atoms with Crippen LogP contribution in [0.25, 0.3) is 0 Å². The first-order valence-corrected chi connectivity index (χ1v) is 9.06. The Morgan fingerprint density at radius 2 is 2.15 bits per heavy atom. The van der Waals surface area contributed by atoms with Gasteiger partial charge in [-0.3, -0.25) is 4.79 Å². The van der Waals surface area contributed by atoms with E-state index in [-0.39, 0.29) is 22.8 Å². The summed E-state index contributed by atoms with van der Waals surface area (Å²) in [5.74, 6) is -0.420. The number of halogens is 2. The lowest BCUT2D eigenvalue weighted by atomic mass is 10.1. The molecule has 0 aliphatic heterocycles. The Labute approximate surface area is 154 Å². The number of rotatable bonds is 6. The molecule has 1 heterocycles. The molecular formula is C17H19ClFN5O2. The molecule has 1 N–H and O–H groups in total. The zero-order valence-corrected chi connectivity index (χ0v) is 15.0. The molecule has 2 fully saturated rings. The normalized spacial score (nSPS) is 19.2.